The van der Waals surface area contributed by atoms with Gasteiger partial charge in [-0.05, 0) is 38.5 Å². The lowest BCUT2D eigenvalue weighted by Crippen LogP contribution is -2.15. The minimum atomic E-state index is -3.68. The zero-order chi connectivity index (χ0) is 16.6. The van der Waals surface area contributed by atoms with Crippen LogP contribution in [0.2, 0.25) is 0 Å². The Morgan fingerprint density at radius 2 is 1.83 bits per heavy atom. The largest absolute Gasteiger partial charge is 0.272 e. The van der Waals surface area contributed by atoms with Crippen LogP contribution in [-0.2, 0) is 10.0 Å². The van der Waals surface area contributed by atoms with Gasteiger partial charge in [0.1, 0.15) is 10.0 Å². The standard InChI is InChI=1S/C14H15N5O2S2/c1-9-7-13(22-11(9)3)23(20,21)18-12-8-10(2)17-19(12)14-15-5-4-6-16-14/h4-8,18H,1-3H3. The van der Waals surface area contributed by atoms with Gasteiger partial charge >= 0.3 is 0 Å². The summed E-state index contributed by atoms with van der Waals surface area (Å²) in [5.41, 5.74) is 1.61. The van der Waals surface area contributed by atoms with Crippen molar-refractivity contribution in [3.63, 3.8) is 0 Å². The summed E-state index contributed by atoms with van der Waals surface area (Å²) in [6.45, 7) is 5.55. The molecule has 0 aliphatic heterocycles. The first-order valence-electron chi connectivity index (χ1n) is 6.81. The zero-order valence-electron chi connectivity index (χ0n) is 12.8. The van der Waals surface area contributed by atoms with Crippen LogP contribution >= 0.6 is 11.3 Å². The molecule has 23 heavy (non-hydrogen) atoms. The normalized spacial score (nSPS) is 11.6. The van der Waals surface area contributed by atoms with E-state index in [1.807, 2.05) is 13.8 Å². The van der Waals surface area contributed by atoms with Crippen molar-refractivity contribution in [3.8, 4) is 5.95 Å². The molecule has 0 unspecified atom stereocenters. The maximum Gasteiger partial charge on any atom is 0.272 e. The summed E-state index contributed by atoms with van der Waals surface area (Å²) in [5.74, 6) is 0.606. The van der Waals surface area contributed by atoms with E-state index in [9.17, 15) is 8.42 Å². The predicted molar refractivity (Wildman–Crippen MR) is 88.5 cm³/mol. The van der Waals surface area contributed by atoms with Crippen molar-refractivity contribution in [1.29, 1.82) is 0 Å². The van der Waals surface area contributed by atoms with Crippen LogP contribution in [0.15, 0.2) is 34.8 Å². The van der Waals surface area contributed by atoms with E-state index in [-0.39, 0.29) is 4.21 Å². The van der Waals surface area contributed by atoms with Gasteiger partial charge in [-0.15, -0.1) is 11.3 Å². The van der Waals surface area contributed by atoms with E-state index < -0.39 is 10.0 Å². The first-order valence-corrected chi connectivity index (χ1v) is 9.11. The van der Waals surface area contributed by atoms with Gasteiger partial charge in [-0.25, -0.2) is 18.4 Å². The molecule has 0 fully saturated rings. The SMILES string of the molecule is Cc1cc(NS(=O)(=O)c2cc(C)c(C)s2)n(-c2ncccn2)n1. The van der Waals surface area contributed by atoms with Crippen LogP contribution < -0.4 is 4.72 Å². The molecule has 7 nitrogen and oxygen atoms in total. The molecule has 0 aliphatic carbocycles. The quantitative estimate of drug-likeness (QED) is 0.781. The van der Waals surface area contributed by atoms with Crippen molar-refractivity contribution in [2.24, 2.45) is 0 Å². The van der Waals surface area contributed by atoms with Gasteiger partial charge in [0.15, 0.2) is 0 Å². The summed E-state index contributed by atoms with van der Waals surface area (Å²) >= 11 is 1.24. The summed E-state index contributed by atoms with van der Waals surface area (Å²) < 4.78 is 29.4. The number of aromatic nitrogens is 4. The zero-order valence-corrected chi connectivity index (χ0v) is 14.4. The number of nitrogens with zero attached hydrogens (tertiary/aromatic N) is 4. The van der Waals surface area contributed by atoms with E-state index in [1.54, 1.807) is 37.5 Å². The third-order valence-electron chi connectivity index (χ3n) is 3.22. The number of hydrogen-bond donors (Lipinski definition) is 1. The minimum absolute atomic E-state index is 0.270. The lowest BCUT2D eigenvalue weighted by Gasteiger charge is -2.07. The topological polar surface area (TPSA) is 89.8 Å². The highest BCUT2D eigenvalue weighted by atomic mass is 32.2. The van der Waals surface area contributed by atoms with Crippen molar-refractivity contribution in [3.05, 3.63) is 46.7 Å². The maximum atomic E-state index is 12.6. The predicted octanol–water partition coefficient (Wildman–Crippen LogP) is 2.45. The molecule has 0 saturated heterocycles. The highest BCUT2D eigenvalue weighted by Gasteiger charge is 2.21. The van der Waals surface area contributed by atoms with Crippen molar-refractivity contribution in [2.75, 3.05) is 4.72 Å². The first-order chi connectivity index (χ1) is 10.9. The third kappa shape index (κ3) is 3.10. The second kappa shape index (κ2) is 5.74. The number of hydrogen-bond acceptors (Lipinski definition) is 6. The number of sulfonamides is 1. The van der Waals surface area contributed by atoms with Crippen LogP contribution in [0.25, 0.3) is 5.95 Å². The van der Waals surface area contributed by atoms with E-state index in [1.165, 1.54) is 16.0 Å². The third-order valence-corrected chi connectivity index (χ3v) is 6.20. The maximum absolute atomic E-state index is 12.6. The Bertz CT molecular complexity index is 925. The van der Waals surface area contributed by atoms with Gasteiger partial charge in [-0.2, -0.15) is 9.78 Å². The number of anilines is 1. The van der Waals surface area contributed by atoms with Crippen molar-refractivity contribution in [1.82, 2.24) is 19.7 Å². The molecule has 1 N–H and O–H groups in total. The van der Waals surface area contributed by atoms with E-state index in [4.69, 9.17) is 0 Å². The lowest BCUT2D eigenvalue weighted by atomic mass is 10.3. The summed E-state index contributed by atoms with van der Waals surface area (Å²) in [5, 5.41) is 4.25. The van der Waals surface area contributed by atoms with Gasteiger partial charge in [0.2, 0.25) is 0 Å². The van der Waals surface area contributed by atoms with Gasteiger partial charge in [0.25, 0.3) is 16.0 Å². The van der Waals surface area contributed by atoms with Gasteiger partial charge < -0.3 is 0 Å². The van der Waals surface area contributed by atoms with Crippen LogP contribution in [0.1, 0.15) is 16.1 Å². The van der Waals surface area contributed by atoms with E-state index in [2.05, 4.69) is 19.8 Å². The van der Waals surface area contributed by atoms with Crippen LogP contribution in [0.3, 0.4) is 0 Å². The van der Waals surface area contributed by atoms with Gasteiger partial charge in [-0.1, -0.05) is 0 Å². The molecule has 0 saturated carbocycles. The monoisotopic (exact) mass is 349 g/mol. The molecular weight excluding hydrogens is 334 g/mol. The molecule has 0 amide bonds. The smallest absolute Gasteiger partial charge is 0.262 e. The van der Waals surface area contributed by atoms with Gasteiger partial charge in [0, 0.05) is 23.3 Å². The highest BCUT2D eigenvalue weighted by molar-refractivity contribution is 7.94. The molecule has 3 heterocycles. The minimum Gasteiger partial charge on any atom is -0.262 e. The van der Waals surface area contributed by atoms with Gasteiger partial charge in [-0.3, -0.25) is 4.72 Å². The molecule has 3 aromatic heterocycles. The molecule has 0 bridgehead atoms. The lowest BCUT2D eigenvalue weighted by molar-refractivity contribution is 0.602. The fraction of sp³-hybridized carbons (Fsp3) is 0.214. The molecule has 0 radical (unpaired) electrons. The van der Waals surface area contributed by atoms with E-state index in [0.717, 1.165) is 10.4 Å². The molecule has 3 rings (SSSR count). The molecule has 0 aliphatic rings. The molecule has 0 spiro atoms. The Morgan fingerprint density at radius 1 is 1.13 bits per heavy atom. The molecule has 3 aromatic rings. The second-order valence-corrected chi connectivity index (χ2v) is 8.21. The molecule has 0 aromatic carbocycles. The molecule has 120 valence electrons. The fourth-order valence-corrected chi connectivity index (χ4v) is 4.53. The number of thiophene rings is 1. The Morgan fingerprint density at radius 3 is 2.43 bits per heavy atom. The number of rotatable bonds is 4. The van der Waals surface area contributed by atoms with E-state index in [0.29, 0.717) is 17.5 Å². The Kier molecular flexibility index (Phi) is 3.90. The van der Waals surface area contributed by atoms with E-state index >= 15 is 0 Å². The van der Waals surface area contributed by atoms with Crippen molar-refractivity contribution < 1.29 is 8.42 Å². The van der Waals surface area contributed by atoms with Gasteiger partial charge in [0.05, 0.1) is 5.69 Å². The van der Waals surface area contributed by atoms with Crippen molar-refractivity contribution in [2.45, 2.75) is 25.0 Å². The van der Waals surface area contributed by atoms with Crippen LogP contribution in [0.5, 0.6) is 0 Å². The average Bonchev–Trinajstić information content (AvgIpc) is 3.03. The first kappa shape index (κ1) is 15.6. The number of aryl methyl sites for hydroxylation is 3. The second-order valence-electron chi connectivity index (χ2n) is 5.04. The Labute approximate surface area is 138 Å². The molecule has 9 heteroatoms. The van der Waals surface area contributed by atoms with Crippen LogP contribution in [0.4, 0.5) is 5.82 Å². The number of nitrogens with one attached hydrogen (secondary N) is 1. The van der Waals surface area contributed by atoms with Crippen LogP contribution in [0, 0.1) is 20.8 Å². The van der Waals surface area contributed by atoms with Crippen molar-refractivity contribution >= 4 is 27.2 Å². The molecule has 0 atom stereocenters. The Hall–Kier alpha value is -2.26. The Balaban J connectivity index is 2.00. The molecular formula is C14H15N5O2S2. The summed E-state index contributed by atoms with van der Waals surface area (Å²) in [7, 11) is -3.68. The highest BCUT2D eigenvalue weighted by Crippen LogP contribution is 2.27. The summed E-state index contributed by atoms with van der Waals surface area (Å²) in [6.07, 6.45) is 3.15. The summed E-state index contributed by atoms with van der Waals surface area (Å²) in [4.78, 5) is 9.18. The fourth-order valence-electron chi connectivity index (χ4n) is 1.98. The average molecular weight is 349 g/mol. The van der Waals surface area contributed by atoms with Crippen LogP contribution in [-0.4, -0.2) is 28.2 Å². The summed E-state index contributed by atoms with van der Waals surface area (Å²) in [6, 6.07) is 4.98.